The van der Waals surface area contributed by atoms with E-state index >= 15 is 4.39 Å². The van der Waals surface area contributed by atoms with E-state index in [1.165, 1.54) is 30.3 Å². The molecule has 11 nitrogen and oxygen atoms in total. The molecule has 2 aliphatic rings. The van der Waals surface area contributed by atoms with E-state index in [2.05, 4.69) is 9.98 Å². The lowest BCUT2D eigenvalue weighted by molar-refractivity contribution is -0.158. The molecule has 1 unspecified atom stereocenters. The molecule has 1 saturated carbocycles. The van der Waals surface area contributed by atoms with Crippen molar-refractivity contribution in [1.29, 1.82) is 5.41 Å². The molecule has 2 heterocycles. The molecule has 0 spiro atoms. The van der Waals surface area contributed by atoms with Gasteiger partial charge < -0.3 is 30.2 Å². The average molecular weight is 582 g/mol. The van der Waals surface area contributed by atoms with Gasteiger partial charge in [0.25, 0.3) is 5.88 Å². The Morgan fingerprint density at radius 1 is 1.12 bits per heavy atom. The minimum absolute atomic E-state index is 0.0441. The van der Waals surface area contributed by atoms with Crippen LogP contribution in [0.2, 0.25) is 0 Å². The van der Waals surface area contributed by atoms with Crippen molar-refractivity contribution in [3.63, 3.8) is 0 Å². The number of aliphatic imine (C=N–C) groups is 1. The molecule has 5 rings (SSSR count). The van der Waals surface area contributed by atoms with E-state index in [9.17, 15) is 19.4 Å². The van der Waals surface area contributed by atoms with Crippen LogP contribution in [-0.2, 0) is 4.79 Å². The fourth-order valence-electron chi connectivity index (χ4n) is 4.97. The van der Waals surface area contributed by atoms with Gasteiger partial charge in [0.1, 0.15) is 23.5 Å². The lowest BCUT2D eigenvalue weighted by Gasteiger charge is -2.34. The second-order valence-electron chi connectivity index (χ2n) is 10.2. The van der Waals surface area contributed by atoms with Gasteiger partial charge in [0.2, 0.25) is 17.2 Å². The van der Waals surface area contributed by atoms with E-state index in [1.807, 2.05) is 4.90 Å². The van der Waals surface area contributed by atoms with Crippen LogP contribution in [-0.4, -0.2) is 57.3 Å². The maximum Gasteiger partial charge on any atom is 0.348 e. The molecule has 1 aliphatic heterocycles. The number of nitrogens with two attached hydrogens (primary N) is 1. The van der Waals surface area contributed by atoms with E-state index in [1.54, 1.807) is 19.3 Å². The first-order chi connectivity index (χ1) is 20.1. The number of carboxylic acid groups (broad SMARTS) is 1. The number of carboxylic acids is 1. The Hall–Kier alpha value is -4.78. The number of aliphatic carboxylic acids is 1. The van der Waals surface area contributed by atoms with E-state index in [0.29, 0.717) is 31.1 Å². The zero-order valence-corrected chi connectivity index (χ0v) is 22.6. The summed E-state index contributed by atoms with van der Waals surface area (Å²) in [5.74, 6) is -5.62. The van der Waals surface area contributed by atoms with Gasteiger partial charge >= 0.3 is 5.97 Å². The Morgan fingerprint density at radius 2 is 1.88 bits per heavy atom. The fourth-order valence-corrected chi connectivity index (χ4v) is 4.97. The molecule has 1 atom stereocenters. The molecule has 2 aromatic carbocycles. The van der Waals surface area contributed by atoms with Gasteiger partial charge in [0, 0.05) is 23.9 Å². The molecule has 1 aliphatic carbocycles. The first kappa shape index (κ1) is 28.7. The number of nitrogens with one attached hydrogen (secondary N) is 1. The topological polar surface area (TPSA) is 164 Å². The summed E-state index contributed by atoms with van der Waals surface area (Å²) in [5, 5.41) is 27.7. The van der Waals surface area contributed by atoms with Crippen LogP contribution in [0.5, 0.6) is 34.6 Å². The quantitative estimate of drug-likeness (QED) is 0.198. The second-order valence-corrected chi connectivity index (χ2v) is 10.2. The van der Waals surface area contributed by atoms with E-state index < -0.39 is 41.0 Å². The lowest BCUT2D eigenvalue weighted by atomic mass is 9.84. The molecule has 13 heteroatoms. The standard InChI is InChI=1S/C29H29F2N5O6/c1-36-12-11-34-26(36)18-14-17(42-29(28(38)39)9-3-2-4-10-29)6-8-21(18)40-24-19(30)15-35-27(23(24)31)41-22-13-16(25(32)33)5-7-20(22)37/h5-8,11,13-15,26,37H,2-4,9-10,12H2,1H3,(H3,32,33)(H,38,39). The number of phenolic OH excluding ortho intramolecular Hbond substituents is 1. The number of amidine groups is 1. The highest BCUT2D eigenvalue weighted by Gasteiger charge is 2.42. The van der Waals surface area contributed by atoms with Crippen molar-refractivity contribution in [3.05, 3.63) is 65.4 Å². The summed E-state index contributed by atoms with van der Waals surface area (Å²) in [4.78, 5) is 22.1. The van der Waals surface area contributed by atoms with Crippen molar-refractivity contribution in [2.24, 2.45) is 10.7 Å². The maximum atomic E-state index is 15.6. The van der Waals surface area contributed by atoms with Crippen LogP contribution in [0, 0.1) is 17.0 Å². The highest BCUT2D eigenvalue weighted by molar-refractivity contribution is 5.95. The first-order valence-corrected chi connectivity index (χ1v) is 13.2. The fraction of sp³-hybridized carbons (Fsp3) is 0.310. The normalized spacial score (nSPS) is 18.0. The number of nitrogen functional groups attached to an aromatic ring is 1. The van der Waals surface area contributed by atoms with E-state index in [0.717, 1.165) is 19.3 Å². The molecule has 1 aromatic heterocycles. The summed E-state index contributed by atoms with van der Waals surface area (Å²) in [6, 6.07) is 8.28. The summed E-state index contributed by atoms with van der Waals surface area (Å²) >= 11 is 0. The smallest absolute Gasteiger partial charge is 0.348 e. The van der Waals surface area contributed by atoms with Crippen LogP contribution in [0.15, 0.2) is 47.6 Å². The Balaban J connectivity index is 1.50. The predicted molar refractivity (Wildman–Crippen MR) is 148 cm³/mol. The number of rotatable bonds is 9. The third-order valence-corrected chi connectivity index (χ3v) is 7.25. The van der Waals surface area contributed by atoms with Gasteiger partial charge in [0.05, 0.1) is 6.20 Å². The number of phenols is 1. The monoisotopic (exact) mass is 581 g/mol. The maximum absolute atomic E-state index is 15.6. The van der Waals surface area contributed by atoms with Gasteiger partial charge in [-0.05, 0) is 69.1 Å². The number of aromatic hydroxyl groups is 1. The first-order valence-electron chi connectivity index (χ1n) is 13.2. The molecule has 42 heavy (non-hydrogen) atoms. The molecule has 0 saturated heterocycles. The van der Waals surface area contributed by atoms with Crippen molar-refractivity contribution in [2.75, 3.05) is 13.6 Å². The van der Waals surface area contributed by atoms with Crippen molar-refractivity contribution in [2.45, 2.75) is 43.9 Å². The highest BCUT2D eigenvalue weighted by atomic mass is 19.1. The molecule has 220 valence electrons. The summed E-state index contributed by atoms with van der Waals surface area (Å²) < 4.78 is 47.7. The van der Waals surface area contributed by atoms with Crippen molar-refractivity contribution in [1.82, 2.24) is 9.88 Å². The van der Waals surface area contributed by atoms with Crippen LogP contribution in [0.25, 0.3) is 0 Å². The second kappa shape index (κ2) is 11.6. The summed E-state index contributed by atoms with van der Waals surface area (Å²) in [6.07, 6.45) is 4.88. The van der Waals surface area contributed by atoms with Crippen LogP contribution < -0.4 is 19.9 Å². The van der Waals surface area contributed by atoms with Gasteiger partial charge in [-0.3, -0.25) is 15.3 Å². The number of pyridine rings is 1. The zero-order chi connectivity index (χ0) is 30.0. The largest absolute Gasteiger partial charge is 0.504 e. The molecule has 0 bridgehead atoms. The molecular weight excluding hydrogens is 552 g/mol. The number of carbonyl (C=O) groups is 1. The summed E-state index contributed by atoms with van der Waals surface area (Å²) in [7, 11) is 1.80. The van der Waals surface area contributed by atoms with E-state index in [-0.39, 0.29) is 34.4 Å². The SMILES string of the molecule is CN1CC=NC1c1cc(OC2(C(=O)O)CCCCC2)ccc1Oc1c(F)cnc(Oc2cc(C(=N)N)ccc2O)c1F. The molecule has 1 fully saturated rings. The number of ether oxygens (including phenoxy) is 3. The third-order valence-electron chi connectivity index (χ3n) is 7.25. The van der Waals surface area contributed by atoms with Crippen molar-refractivity contribution in [3.8, 4) is 34.6 Å². The predicted octanol–water partition coefficient (Wildman–Crippen LogP) is 5.12. The lowest BCUT2D eigenvalue weighted by Crippen LogP contribution is -2.46. The van der Waals surface area contributed by atoms with Gasteiger partial charge in [-0.25, -0.2) is 14.2 Å². The Morgan fingerprint density at radius 3 is 2.55 bits per heavy atom. The average Bonchev–Trinajstić information content (AvgIpc) is 3.40. The van der Waals surface area contributed by atoms with Gasteiger partial charge in [-0.2, -0.15) is 4.39 Å². The number of hydrogen-bond donors (Lipinski definition) is 4. The third kappa shape index (κ3) is 5.68. The Bertz CT molecular complexity index is 1560. The molecule has 0 radical (unpaired) electrons. The van der Waals surface area contributed by atoms with Crippen LogP contribution in [0.1, 0.15) is 49.4 Å². The molecule has 5 N–H and O–H groups in total. The minimum Gasteiger partial charge on any atom is -0.504 e. The number of benzene rings is 2. The number of halogens is 2. The summed E-state index contributed by atoms with van der Waals surface area (Å²) in [6.45, 7) is 0.507. The molecule has 0 amide bonds. The minimum atomic E-state index is -1.37. The van der Waals surface area contributed by atoms with Crippen LogP contribution in [0.3, 0.4) is 0 Å². The number of aromatic nitrogens is 1. The Kier molecular flexibility index (Phi) is 7.94. The van der Waals surface area contributed by atoms with Crippen molar-refractivity contribution < 1.29 is 38.0 Å². The van der Waals surface area contributed by atoms with Crippen molar-refractivity contribution >= 4 is 18.0 Å². The van der Waals surface area contributed by atoms with E-state index in [4.69, 9.17) is 25.4 Å². The number of hydrogen-bond acceptors (Lipinski definition) is 9. The highest BCUT2D eigenvalue weighted by Crippen LogP contribution is 2.42. The van der Waals surface area contributed by atoms with Crippen LogP contribution in [0.4, 0.5) is 8.78 Å². The molecule has 3 aromatic rings. The molecular formula is C29H29F2N5O6. The zero-order valence-electron chi connectivity index (χ0n) is 22.6. The Labute approximate surface area is 239 Å². The van der Waals surface area contributed by atoms with Gasteiger partial charge in [-0.15, -0.1) is 0 Å². The summed E-state index contributed by atoms with van der Waals surface area (Å²) in [5.41, 5.74) is 4.71. The van der Waals surface area contributed by atoms with Gasteiger partial charge in [-0.1, -0.05) is 6.42 Å². The number of nitrogens with zero attached hydrogens (tertiary/aromatic N) is 3. The van der Waals surface area contributed by atoms with Crippen LogP contribution >= 0.6 is 0 Å². The van der Waals surface area contributed by atoms with Gasteiger partial charge in [0.15, 0.2) is 17.3 Å².